The highest BCUT2D eigenvalue weighted by atomic mass is 32.1. The lowest BCUT2D eigenvalue weighted by Gasteiger charge is -2.08. The molecular formula is C13H13FN2O2S. The molecule has 0 spiro atoms. The minimum absolute atomic E-state index is 0.273. The van der Waals surface area contributed by atoms with Crippen LogP contribution < -0.4 is 15.4 Å². The van der Waals surface area contributed by atoms with Crippen molar-refractivity contribution < 1.29 is 13.9 Å². The highest BCUT2D eigenvalue weighted by Crippen LogP contribution is 2.14. The summed E-state index contributed by atoms with van der Waals surface area (Å²) in [5, 5.41) is 8.02. The summed E-state index contributed by atoms with van der Waals surface area (Å²) in [4.78, 5) is 11.4. The average Bonchev–Trinajstić information content (AvgIpc) is 2.89. The first-order valence-electron chi connectivity index (χ1n) is 5.71. The van der Waals surface area contributed by atoms with E-state index in [0.717, 1.165) is 5.00 Å². The van der Waals surface area contributed by atoms with Crippen molar-refractivity contribution in [3.8, 4) is 5.75 Å². The highest BCUT2D eigenvalue weighted by Gasteiger charge is 2.01. The molecular weight excluding hydrogens is 267 g/mol. The van der Waals surface area contributed by atoms with Gasteiger partial charge in [-0.05, 0) is 41.8 Å². The van der Waals surface area contributed by atoms with E-state index in [0.29, 0.717) is 18.9 Å². The molecule has 2 aromatic rings. The van der Waals surface area contributed by atoms with Crippen LogP contribution in [0.1, 0.15) is 0 Å². The van der Waals surface area contributed by atoms with Crippen molar-refractivity contribution in [2.75, 3.05) is 18.5 Å². The van der Waals surface area contributed by atoms with Gasteiger partial charge in [0.15, 0.2) is 0 Å². The van der Waals surface area contributed by atoms with E-state index in [1.807, 2.05) is 17.5 Å². The molecule has 0 aliphatic rings. The number of carbonyl (C=O) groups is 1. The molecule has 4 nitrogen and oxygen atoms in total. The molecule has 0 fully saturated rings. The minimum atomic E-state index is -0.305. The summed E-state index contributed by atoms with van der Waals surface area (Å²) < 4.78 is 18.0. The summed E-state index contributed by atoms with van der Waals surface area (Å²) in [7, 11) is 0. The maximum atomic E-state index is 12.6. The third kappa shape index (κ3) is 4.59. The van der Waals surface area contributed by atoms with Crippen LogP contribution in [0.25, 0.3) is 0 Å². The largest absolute Gasteiger partial charge is 0.492 e. The van der Waals surface area contributed by atoms with E-state index in [4.69, 9.17) is 4.74 Å². The number of benzene rings is 1. The SMILES string of the molecule is O=C(NCCOc1ccc(F)cc1)Nc1cccs1. The van der Waals surface area contributed by atoms with Crippen LogP contribution in [0.5, 0.6) is 5.75 Å². The Hall–Kier alpha value is -2.08. The van der Waals surface area contributed by atoms with Crippen LogP contribution in [0.15, 0.2) is 41.8 Å². The summed E-state index contributed by atoms with van der Waals surface area (Å²) in [6.07, 6.45) is 0. The number of rotatable bonds is 5. The summed E-state index contributed by atoms with van der Waals surface area (Å²) in [6, 6.07) is 9.14. The van der Waals surface area contributed by atoms with Crippen molar-refractivity contribution in [3.63, 3.8) is 0 Å². The van der Waals surface area contributed by atoms with E-state index in [-0.39, 0.29) is 11.8 Å². The predicted molar refractivity (Wildman–Crippen MR) is 73.2 cm³/mol. The number of thiophene rings is 1. The molecule has 0 radical (unpaired) electrons. The Bertz CT molecular complexity index is 514. The Morgan fingerprint density at radius 2 is 2.05 bits per heavy atom. The second-order valence-electron chi connectivity index (χ2n) is 3.66. The van der Waals surface area contributed by atoms with Gasteiger partial charge in [-0.1, -0.05) is 0 Å². The lowest BCUT2D eigenvalue weighted by atomic mass is 10.3. The first kappa shape index (κ1) is 13.4. The number of anilines is 1. The van der Waals surface area contributed by atoms with Gasteiger partial charge in [-0.2, -0.15) is 0 Å². The normalized spacial score (nSPS) is 9.95. The first-order valence-corrected chi connectivity index (χ1v) is 6.59. The Labute approximate surface area is 114 Å². The topological polar surface area (TPSA) is 50.4 Å². The van der Waals surface area contributed by atoms with Crippen LogP contribution in [-0.2, 0) is 0 Å². The number of amides is 2. The molecule has 6 heteroatoms. The zero-order valence-corrected chi connectivity index (χ0v) is 10.9. The number of carbonyl (C=O) groups excluding carboxylic acids is 1. The predicted octanol–water partition coefficient (Wildman–Crippen LogP) is 3.09. The van der Waals surface area contributed by atoms with E-state index in [1.165, 1.54) is 23.5 Å². The smallest absolute Gasteiger partial charge is 0.319 e. The first-order chi connectivity index (χ1) is 9.24. The molecule has 0 saturated heterocycles. The van der Waals surface area contributed by atoms with Crippen LogP contribution >= 0.6 is 11.3 Å². The van der Waals surface area contributed by atoms with E-state index in [9.17, 15) is 9.18 Å². The number of hydrogen-bond donors (Lipinski definition) is 2. The van der Waals surface area contributed by atoms with Gasteiger partial charge in [0, 0.05) is 0 Å². The monoisotopic (exact) mass is 280 g/mol. The summed E-state index contributed by atoms with van der Waals surface area (Å²) in [5.74, 6) is 0.266. The number of nitrogens with one attached hydrogen (secondary N) is 2. The maximum Gasteiger partial charge on any atom is 0.319 e. The van der Waals surface area contributed by atoms with Gasteiger partial charge in [-0.15, -0.1) is 11.3 Å². The van der Waals surface area contributed by atoms with Gasteiger partial charge in [-0.25, -0.2) is 9.18 Å². The van der Waals surface area contributed by atoms with E-state index < -0.39 is 0 Å². The second kappa shape index (κ2) is 6.75. The number of ether oxygens (including phenoxy) is 1. The van der Waals surface area contributed by atoms with E-state index in [2.05, 4.69) is 10.6 Å². The van der Waals surface area contributed by atoms with Crippen LogP contribution in [0.2, 0.25) is 0 Å². The molecule has 100 valence electrons. The lowest BCUT2D eigenvalue weighted by molar-refractivity contribution is 0.247. The lowest BCUT2D eigenvalue weighted by Crippen LogP contribution is -2.31. The molecule has 0 bridgehead atoms. The Kier molecular flexibility index (Phi) is 4.74. The van der Waals surface area contributed by atoms with Gasteiger partial charge in [-0.3, -0.25) is 5.32 Å². The summed E-state index contributed by atoms with van der Waals surface area (Å²) in [6.45, 7) is 0.693. The zero-order chi connectivity index (χ0) is 13.5. The molecule has 0 aliphatic heterocycles. The van der Waals surface area contributed by atoms with Crippen molar-refractivity contribution in [2.24, 2.45) is 0 Å². The second-order valence-corrected chi connectivity index (χ2v) is 4.61. The van der Waals surface area contributed by atoms with Gasteiger partial charge < -0.3 is 10.1 Å². The fourth-order valence-corrected chi connectivity index (χ4v) is 1.98. The fraction of sp³-hybridized carbons (Fsp3) is 0.154. The van der Waals surface area contributed by atoms with Gasteiger partial charge in [0.25, 0.3) is 0 Å². The molecule has 2 rings (SSSR count). The number of halogens is 1. The molecule has 0 saturated carbocycles. The minimum Gasteiger partial charge on any atom is -0.492 e. The Morgan fingerprint density at radius 1 is 1.26 bits per heavy atom. The number of urea groups is 1. The van der Waals surface area contributed by atoms with Crippen LogP contribution in [-0.4, -0.2) is 19.2 Å². The third-order valence-corrected chi connectivity index (χ3v) is 3.01. The van der Waals surface area contributed by atoms with Crippen molar-refractivity contribution in [1.29, 1.82) is 0 Å². The maximum absolute atomic E-state index is 12.6. The Balaban J connectivity index is 1.64. The van der Waals surface area contributed by atoms with Crippen molar-refractivity contribution in [3.05, 3.63) is 47.6 Å². The third-order valence-electron chi connectivity index (χ3n) is 2.23. The summed E-state index contributed by atoms with van der Waals surface area (Å²) in [5.41, 5.74) is 0. The molecule has 1 aromatic heterocycles. The van der Waals surface area contributed by atoms with Crippen LogP contribution in [0.3, 0.4) is 0 Å². The fourth-order valence-electron chi connectivity index (χ4n) is 1.37. The van der Waals surface area contributed by atoms with Crippen LogP contribution in [0, 0.1) is 5.82 Å². The van der Waals surface area contributed by atoms with Crippen LogP contribution in [0.4, 0.5) is 14.2 Å². The van der Waals surface area contributed by atoms with E-state index >= 15 is 0 Å². The molecule has 0 aliphatic carbocycles. The van der Waals surface area contributed by atoms with Crippen molar-refractivity contribution >= 4 is 22.4 Å². The van der Waals surface area contributed by atoms with Gasteiger partial charge >= 0.3 is 6.03 Å². The van der Waals surface area contributed by atoms with Crippen molar-refractivity contribution in [2.45, 2.75) is 0 Å². The molecule has 0 atom stereocenters. The molecule has 2 amide bonds. The molecule has 19 heavy (non-hydrogen) atoms. The Morgan fingerprint density at radius 3 is 2.74 bits per heavy atom. The van der Waals surface area contributed by atoms with E-state index in [1.54, 1.807) is 12.1 Å². The van der Waals surface area contributed by atoms with Gasteiger partial charge in [0.2, 0.25) is 0 Å². The molecule has 1 aromatic carbocycles. The van der Waals surface area contributed by atoms with Gasteiger partial charge in [0.1, 0.15) is 18.2 Å². The molecule has 1 heterocycles. The molecule has 2 N–H and O–H groups in total. The molecule has 0 unspecified atom stereocenters. The van der Waals surface area contributed by atoms with Gasteiger partial charge in [0.05, 0.1) is 11.5 Å². The summed E-state index contributed by atoms with van der Waals surface area (Å²) >= 11 is 1.45. The zero-order valence-electron chi connectivity index (χ0n) is 10.1. The highest BCUT2D eigenvalue weighted by molar-refractivity contribution is 7.14. The average molecular weight is 280 g/mol. The van der Waals surface area contributed by atoms with Crippen molar-refractivity contribution in [1.82, 2.24) is 5.32 Å². The number of hydrogen-bond acceptors (Lipinski definition) is 3. The quantitative estimate of drug-likeness (QED) is 0.827. The standard InChI is InChI=1S/C13H13FN2O2S/c14-10-3-5-11(6-4-10)18-8-7-15-13(17)16-12-2-1-9-19-12/h1-6,9H,7-8H2,(H2,15,16,17).